The molecule has 0 fully saturated rings. The molecule has 0 saturated carbocycles. The maximum atomic E-state index is 12.6. The van der Waals surface area contributed by atoms with Gasteiger partial charge in [-0.05, 0) is 25.5 Å². The van der Waals surface area contributed by atoms with Crippen molar-refractivity contribution in [2.45, 2.75) is 39.2 Å². The predicted octanol–water partition coefficient (Wildman–Crippen LogP) is 3.30. The molecule has 0 saturated heterocycles. The van der Waals surface area contributed by atoms with E-state index >= 15 is 0 Å². The van der Waals surface area contributed by atoms with Crippen LogP contribution in [0.25, 0.3) is 10.8 Å². The fourth-order valence-electron chi connectivity index (χ4n) is 3.88. The number of aryl methyl sites for hydroxylation is 1. The molecule has 2 aromatic carbocycles. The van der Waals surface area contributed by atoms with Crippen LogP contribution in [0.4, 0.5) is 0 Å². The van der Waals surface area contributed by atoms with Crippen LogP contribution in [-0.2, 0) is 5.41 Å². The first-order chi connectivity index (χ1) is 11.2. The van der Waals surface area contributed by atoms with Crippen LogP contribution in [0.3, 0.4) is 0 Å². The van der Waals surface area contributed by atoms with Gasteiger partial charge in [0.15, 0.2) is 0 Å². The van der Waals surface area contributed by atoms with Crippen LogP contribution < -0.4 is 9.47 Å². The fraction of sp³-hybridized carbons (Fsp3) is 0.368. The summed E-state index contributed by atoms with van der Waals surface area (Å²) in [5.74, 6) is -0.558. The second-order valence-corrected chi connectivity index (χ2v) is 7.09. The number of carbonyl (C=O) groups is 2. The Morgan fingerprint density at radius 3 is 2.42 bits per heavy atom. The molecule has 0 spiro atoms. The van der Waals surface area contributed by atoms with E-state index in [0.29, 0.717) is 27.8 Å². The van der Waals surface area contributed by atoms with E-state index in [2.05, 4.69) is 0 Å². The van der Waals surface area contributed by atoms with Gasteiger partial charge in [0.25, 0.3) is 0 Å². The SMILES string of the molecule is COc1cc(C)c2c3c(c(O)c4c2c1C(=O)C4=O)C(C)(C)[C@H](C)O3. The van der Waals surface area contributed by atoms with Crippen LogP contribution in [0, 0.1) is 6.92 Å². The van der Waals surface area contributed by atoms with Gasteiger partial charge in [-0.15, -0.1) is 0 Å². The molecule has 1 atom stereocenters. The minimum Gasteiger partial charge on any atom is -0.507 e. The standard InChI is InChI=1S/C19H18O5/c1-7-6-9(23-5)11-12-10(7)18-14(19(3,4)8(2)24-18)15(20)13(12)17(22)16(11)21/h6,8,20H,1-5H3/t8-/m0/s1. The third-order valence-electron chi connectivity index (χ3n) is 5.50. The van der Waals surface area contributed by atoms with Crippen LogP contribution in [0.5, 0.6) is 17.2 Å². The van der Waals surface area contributed by atoms with E-state index in [1.54, 1.807) is 6.07 Å². The average Bonchev–Trinajstić information content (AvgIpc) is 2.90. The van der Waals surface area contributed by atoms with E-state index in [1.807, 2.05) is 27.7 Å². The largest absolute Gasteiger partial charge is 0.507 e. The van der Waals surface area contributed by atoms with Crippen molar-refractivity contribution in [2.24, 2.45) is 0 Å². The van der Waals surface area contributed by atoms with E-state index in [0.717, 1.165) is 5.56 Å². The zero-order chi connectivity index (χ0) is 17.5. The number of hydrogen-bond acceptors (Lipinski definition) is 5. The molecule has 1 aliphatic heterocycles. The first-order valence-corrected chi connectivity index (χ1v) is 7.88. The highest BCUT2D eigenvalue weighted by molar-refractivity contribution is 6.58. The van der Waals surface area contributed by atoms with Crippen LogP contribution in [0.1, 0.15) is 52.6 Å². The number of rotatable bonds is 1. The summed E-state index contributed by atoms with van der Waals surface area (Å²) in [6.07, 6.45) is -0.160. The Morgan fingerprint density at radius 2 is 1.79 bits per heavy atom. The summed E-state index contributed by atoms with van der Waals surface area (Å²) < 4.78 is 11.4. The van der Waals surface area contributed by atoms with Crippen molar-refractivity contribution in [3.05, 3.63) is 28.3 Å². The lowest BCUT2D eigenvalue weighted by atomic mass is 9.79. The number of carbonyl (C=O) groups excluding carboxylic acids is 2. The number of hydrogen-bond donors (Lipinski definition) is 1. The molecule has 1 aliphatic carbocycles. The van der Waals surface area contributed by atoms with Crippen molar-refractivity contribution in [2.75, 3.05) is 7.11 Å². The molecule has 24 heavy (non-hydrogen) atoms. The molecule has 1 N–H and O–H groups in total. The summed E-state index contributed by atoms with van der Waals surface area (Å²) in [6.45, 7) is 7.74. The van der Waals surface area contributed by atoms with Gasteiger partial charge in [0.2, 0.25) is 11.6 Å². The van der Waals surface area contributed by atoms with E-state index in [-0.39, 0.29) is 23.0 Å². The van der Waals surface area contributed by atoms with Crippen molar-refractivity contribution in [1.82, 2.24) is 0 Å². The highest BCUT2D eigenvalue weighted by Gasteiger charge is 2.47. The number of methoxy groups -OCH3 is 1. The topological polar surface area (TPSA) is 72.8 Å². The number of phenols is 1. The molecule has 5 nitrogen and oxygen atoms in total. The van der Waals surface area contributed by atoms with E-state index in [4.69, 9.17) is 9.47 Å². The molecule has 0 bridgehead atoms. The molecule has 124 valence electrons. The molecule has 1 heterocycles. The second kappa shape index (κ2) is 4.29. The summed E-state index contributed by atoms with van der Waals surface area (Å²) in [6, 6.07) is 1.74. The minimum atomic E-state index is -0.686. The number of benzene rings is 2. The number of ether oxygens (including phenoxy) is 2. The van der Waals surface area contributed by atoms with Gasteiger partial charge in [-0.2, -0.15) is 0 Å². The Hall–Kier alpha value is -2.56. The van der Waals surface area contributed by atoms with Gasteiger partial charge < -0.3 is 14.6 Å². The van der Waals surface area contributed by atoms with Gasteiger partial charge in [0.1, 0.15) is 23.4 Å². The van der Waals surface area contributed by atoms with Crippen molar-refractivity contribution in [1.29, 1.82) is 0 Å². The summed E-state index contributed by atoms with van der Waals surface area (Å²) >= 11 is 0. The van der Waals surface area contributed by atoms with Crippen LogP contribution in [0.2, 0.25) is 0 Å². The molecular weight excluding hydrogens is 308 g/mol. The van der Waals surface area contributed by atoms with E-state index in [9.17, 15) is 14.7 Å². The molecule has 0 amide bonds. The van der Waals surface area contributed by atoms with Crippen molar-refractivity contribution in [3.63, 3.8) is 0 Å². The van der Waals surface area contributed by atoms with Gasteiger partial charge >= 0.3 is 0 Å². The summed E-state index contributed by atoms with van der Waals surface area (Å²) in [5.41, 5.74) is 1.27. The van der Waals surface area contributed by atoms with Crippen LogP contribution in [0.15, 0.2) is 6.07 Å². The highest BCUT2D eigenvalue weighted by atomic mass is 16.5. The van der Waals surface area contributed by atoms with Crippen molar-refractivity contribution in [3.8, 4) is 17.2 Å². The van der Waals surface area contributed by atoms with Gasteiger partial charge in [-0.3, -0.25) is 9.59 Å². The van der Waals surface area contributed by atoms with Gasteiger partial charge in [0, 0.05) is 21.8 Å². The molecule has 4 rings (SSSR count). The van der Waals surface area contributed by atoms with Crippen LogP contribution >= 0.6 is 0 Å². The lowest BCUT2D eigenvalue weighted by Gasteiger charge is -2.23. The number of Topliss-reactive ketones (excluding diaryl/α,β-unsaturated/α-hetero) is 2. The Morgan fingerprint density at radius 1 is 1.17 bits per heavy atom. The zero-order valence-corrected chi connectivity index (χ0v) is 14.2. The minimum absolute atomic E-state index is 0.0801. The van der Waals surface area contributed by atoms with Gasteiger partial charge in [0.05, 0.1) is 18.2 Å². The van der Waals surface area contributed by atoms with Crippen LogP contribution in [-0.4, -0.2) is 29.9 Å². The normalized spacial score (nSPS) is 20.5. The molecule has 0 unspecified atom stereocenters. The summed E-state index contributed by atoms with van der Waals surface area (Å²) in [4.78, 5) is 25.1. The maximum absolute atomic E-state index is 12.6. The van der Waals surface area contributed by atoms with E-state index < -0.39 is 17.0 Å². The number of aromatic hydroxyl groups is 1. The smallest absolute Gasteiger partial charge is 0.238 e. The van der Waals surface area contributed by atoms with E-state index in [1.165, 1.54) is 7.11 Å². The average molecular weight is 326 g/mol. The third-order valence-corrected chi connectivity index (χ3v) is 5.50. The summed E-state index contributed by atoms with van der Waals surface area (Å²) in [7, 11) is 1.46. The monoisotopic (exact) mass is 326 g/mol. The van der Waals surface area contributed by atoms with Crippen molar-refractivity contribution >= 4 is 22.3 Å². The lowest BCUT2D eigenvalue weighted by Crippen LogP contribution is -2.29. The third kappa shape index (κ3) is 1.45. The van der Waals surface area contributed by atoms with Gasteiger partial charge in [-0.1, -0.05) is 13.8 Å². The number of ketones is 2. The lowest BCUT2D eigenvalue weighted by molar-refractivity contribution is 0.0822. The Bertz CT molecular complexity index is 968. The second-order valence-electron chi connectivity index (χ2n) is 7.09. The summed E-state index contributed by atoms with van der Waals surface area (Å²) in [5, 5.41) is 12.0. The quantitative estimate of drug-likeness (QED) is 0.814. The first kappa shape index (κ1) is 15.0. The van der Waals surface area contributed by atoms with Crippen molar-refractivity contribution < 1.29 is 24.2 Å². The Kier molecular flexibility index (Phi) is 2.68. The Labute approximate surface area is 139 Å². The molecule has 2 aliphatic rings. The number of phenolic OH excluding ortho intramolecular Hbond substituents is 1. The first-order valence-electron chi connectivity index (χ1n) is 7.88. The maximum Gasteiger partial charge on any atom is 0.238 e. The van der Waals surface area contributed by atoms with Gasteiger partial charge in [-0.25, -0.2) is 0 Å². The molecule has 0 aromatic heterocycles. The fourth-order valence-corrected chi connectivity index (χ4v) is 3.88. The molecule has 0 radical (unpaired) electrons. The molecular formula is C19H18O5. The predicted molar refractivity (Wildman–Crippen MR) is 88.7 cm³/mol. The Balaban J connectivity index is 2.30. The zero-order valence-electron chi connectivity index (χ0n) is 14.2. The highest BCUT2D eigenvalue weighted by Crippen LogP contribution is 2.56. The molecule has 2 aromatic rings. The molecule has 5 heteroatoms. The number of fused-ring (bicyclic) bond motifs is 2.